The molecule has 0 aromatic carbocycles. The lowest BCUT2D eigenvalue weighted by Gasteiger charge is -2.27. The second kappa shape index (κ2) is 6.50. The molecule has 98 valence electrons. The van der Waals surface area contributed by atoms with Gasteiger partial charge in [0.05, 0.1) is 19.3 Å². The highest BCUT2D eigenvalue weighted by Crippen LogP contribution is 2.24. The molecule has 1 saturated carbocycles. The highest BCUT2D eigenvalue weighted by molar-refractivity contribution is 5.71. The molecule has 18 heavy (non-hydrogen) atoms. The van der Waals surface area contributed by atoms with E-state index in [-0.39, 0.29) is 5.97 Å². The van der Waals surface area contributed by atoms with Crippen molar-refractivity contribution >= 4 is 5.97 Å². The van der Waals surface area contributed by atoms with Gasteiger partial charge in [-0.05, 0) is 25.0 Å². The molecule has 0 atom stereocenters. The molecule has 0 N–H and O–H groups in total. The summed E-state index contributed by atoms with van der Waals surface area (Å²) in [5, 5.41) is 0. The minimum atomic E-state index is -0.169. The fourth-order valence-corrected chi connectivity index (χ4v) is 2.51. The van der Waals surface area contributed by atoms with Crippen molar-refractivity contribution in [1.29, 1.82) is 0 Å². The standard InChI is InChI=1S/C14H20N2O2/c1-18-14(17)11-16(13-7-2-3-8-13)10-12-6-4-5-9-15-12/h4-6,9,13H,2-3,7-8,10-11H2,1H3. The van der Waals surface area contributed by atoms with Crippen molar-refractivity contribution in [2.24, 2.45) is 0 Å². The Morgan fingerprint density at radius 3 is 2.83 bits per heavy atom. The van der Waals surface area contributed by atoms with E-state index in [4.69, 9.17) is 4.74 Å². The molecular formula is C14H20N2O2. The molecule has 0 saturated heterocycles. The second-order valence-corrected chi connectivity index (χ2v) is 4.74. The van der Waals surface area contributed by atoms with Crippen LogP contribution >= 0.6 is 0 Å². The number of carbonyl (C=O) groups is 1. The van der Waals surface area contributed by atoms with Gasteiger partial charge in [0.25, 0.3) is 0 Å². The Labute approximate surface area is 108 Å². The van der Waals surface area contributed by atoms with E-state index in [0.29, 0.717) is 12.6 Å². The van der Waals surface area contributed by atoms with E-state index in [1.54, 1.807) is 6.20 Å². The number of hydrogen-bond donors (Lipinski definition) is 0. The van der Waals surface area contributed by atoms with Gasteiger partial charge in [-0.25, -0.2) is 0 Å². The van der Waals surface area contributed by atoms with Crippen LogP contribution in [0.2, 0.25) is 0 Å². The maximum absolute atomic E-state index is 11.5. The number of rotatable bonds is 5. The van der Waals surface area contributed by atoms with Gasteiger partial charge in [-0.2, -0.15) is 0 Å². The lowest BCUT2D eigenvalue weighted by molar-refractivity contribution is -0.142. The average Bonchev–Trinajstić information content (AvgIpc) is 2.93. The van der Waals surface area contributed by atoms with Gasteiger partial charge in [-0.1, -0.05) is 18.9 Å². The normalized spacial score (nSPS) is 16.1. The molecule has 0 spiro atoms. The molecule has 0 radical (unpaired) electrons. The minimum absolute atomic E-state index is 0.169. The third-order valence-corrected chi connectivity index (χ3v) is 3.49. The van der Waals surface area contributed by atoms with E-state index in [0.717, 1.165) is 12.2 Å². The zero-order chi connectivity index (χ0) is 12.8. The number of aromatic nitrogens is 1. The second-order valence-electron chi connectivity index (χ2n) is 4.74. The van der Waals surface area contributed by atoms with E-state index >= 15 is 0 Å². The highest BCUT2D eigenvalue weighted by Gasteiger charge is 2.24. The van der Waals surface area contributed by atoms with Crippen LogP contribution in [-0.4, -0.2) is 35.5 Å². The molecule has 0 aliphatic heterocycles. The first-order valence-corrected chi connectivity index (χ1v) is 6.50. The number of methoxy groups -OCH3 is 1. The van der Waals surface area contributed by atoms with Crippen LogP contribution in [0, 0.1) is 0 Å². The molecule has 0 bridgehead atoms. The topological polar surface area (TPSA) is 42.4 Å². The predicted octanol–water partition coefficient (Wildman–Crippen LogP) is 2.00. The van der Waals surface area contributed by atoms with Gasteiger partial charge in [0.2, 0.25) is 0 Å². The van der Waals surface area contributed by atoms with Gasteiger partial charge in [0.15, 0.2) is 0 Å². The average molecular weight is 248 g/mol. The van der Waals surface area contributed by atoms with Crippen molar-refractivity contribution < 1.29 is 9.53 Å². The van der Waals surface area contributed by atoms with Crippen molar-refractivity contribution in [1.82, 2.24) is 9.88 Å². The summed E-state index contributed by atoms with van der Waals surface area (Å²) >= 11 is 0. The zero-order valence-corrected chi connectivity index (χ0v) is 10.8. The molecule has 1 heterocycles. The number of pyridine rings is 1. The lowest BCUT2D eigenvalue weighted by Crippen LogP contribution is -2.37. The molecule has 0 amide bonds. The quantitative estimate of drug-likeness (QED) is 0.747. The Bertz CT molecular complexity index is 375. The van der Waals surface area contributed by atoms with Crippen LogP contribution in [0.3, 0.4) is 0 Å². The van der Waals surface area contributed by atoms with E-state index in [9.17, 15) is 4.79 Å². The number of nitrogens with zero attached hydrogens (tertiary/aromatic N) is 2. The number of ether oxygens (including phenoxy) is 1. The van der Waals surface area contributed by atoms with Crippen molar-refractivity contribution in [3.05, 3.63) is 30.1 Å². The zero-order valence-electron chi connectivity index (χ0n) is 10.8. The molecular weight excluding hydrogens is 228 g/mol. The van der Waals surface area contributed by atoms with Gasteiger partial charge >= 0.3 is 5.97 Å². The Balaban J connectivity index is 2.01. The molecule has 2 rings (SSSR count). The molecule has 4 nitrogen and oxygen atoms in total. The largest absolute Gasteiger partial charge is 0.468 e. The molecule has 4 heteroatoms. The third-order valence-electron chi connectivity index (χ3n) is 3.49. The van der Waals surface area contributed by atoms with Crippen LogP contribution in [0.4, 0.5) is 0 Å². The molecule has 0 unspecified atom stereocenters. The van der Waals surface area contributed by atoms with Gasteiger partial charge in [-0.3, -0.25) is 14.7 Å². The van der Waals surface area contributed by atoms with E-state index < -0.39 is 0 Å². The summed E-state index contributed by atoms with van der Waals surface area (Å²) in [5.41, 5.74) is 1.01. The number of hydrogen-bond acceptors (Lipinski definition) is 4. The van der Waals surface area contributed by atoms with Gasteiger partial charge in [0.1, 0.15) is 0 Å². The van der Waals surface area contributed by atoms with E-state index in [1.807, 2.05) is 18.2 Å². The summed E-state index contributed by atoms with van der Waals surface area (Å²) in [5.74, 6) is -0.169. The number of esters is 1. The number of carbonyl (C=O) groups excluding carboxylic acids is 1. The summed E-state index contributed by atoms with van der Waals surface area (Å²) in [6.07, 6.45) is 6.64. The summed E-state index contributed by atoms with van der Waals surface area (Å²) < 4.78 is 4.78. The molecule has 1 fully saturated rings. The Morgan fingerprint density at radius 2 is 2.22 bits per heavy atom. The first-order valence-electron chi connectivity index (χ1n) is 6.50. The minimum Gasteiger partial charge on any atom is -0.468 e. The summed E-state index contributed by atoms with van der Waals surface area (Å²) in [6.45, 7) is 1.08. The van der Waals surface area contributed by atoms with Crippen LogP contribution < -0.4 is 0 Å². The lowest BCUT2D eigenvalue weighted by atomic mass is 10.2. The summed E-state index contributed by atoms with van der Waals surface area (Å²) in [4.78, 5) is 18.0. The van der Waals surface area contributed by atoms with Crippen molar-refractivity contribution in [3.8, 4) is 0 Å². The van der Waals surface area contributed by atoms with Crippen LogP contribution in [0.15, 0.2) is 24.4 Å². The first kappa shape index (κ1) is 13.0. The Morgan fingerprint density at radius 1 is 1.44 bits per heavy atom. The van der Waals surface area contributed by atoms with Gasteiger partial charge in [0, 0.05) is 18.8 Å². The molecule has 1 aliphatic rings. The summed E-state index contributed by atoms with van der Waals surface area (Å²) in [7, 11) is 1.44. The van der Waals surface area contributed by atoms with Gasteiger partial charge in [-0.15, -0.1) is 0 Å². The highest BCUT2D eigenvalue weighted by atomic mass is 16.5. The predicted molar refractivity (Wildman–Crippen MR) is 68.9 cm³/mol. The molecule has 1 aromatic rings. The Kier molecular flexibility index (Phi) is 4.70. The first-order chi connectivity index (χ1) is 8.79. The summed E-state index contributed by atoms with van der Waals surface area (Å²) in [6, 6.07) is 6.38. The van der Waals surface area contributed by atoms with Crippen molar-refractivity contribution in [2.75, 3.05) is 13.7 Å². The van der Waals surface area contributed by atoms with Crippen molar-refractivity contribution in [3.63, 3.8) is 0 Å². The van der Waals surface area contributed by atoms with E-state index in [1.165, 1.54) is 32.8 Å². The smallest absolute Gasteiger partial charge is 0.319 e. The SMILES string of the molecule is COC(=O)CN(Cc1ccccn1)C1CCCC1. The van der Waals surface area contributed by atoms with Crippen LogP contribution in [-0.2, 0) is 16.1 Å². The maximum Gasteiger partial charge on any atom is 0.319 e. The molecule has 1 aromatic heterocycles. The van der Waals surface area contributed by atoms with E-state index in [2.05, 4.69) is 9.88 Å². The Hall–Kier alpha value is -1.42. The third kappa shape index (κ3) is 3.53. The fourth-order valence-electron chi connectivity index (χ4n) is 2.51. The van der Waals surface area contributed by atoms with Crippen LogP contribution in [0.1, 0.15) is 31.4 Å². The van der Waals surface area contributed by atoms with Gasteiger partial charge < -0.3 is 4.74 Å². The van der Waals surface area contributed by atoms with Crippen molar-refractivity contribution in [2.45, 2.75) is 38.3 Å². The monoisotopic (exact) mass is 248 g/mol. The molecule has 1 aliphatic carbocycles. The van der Waals surface area contributed by atoms with Crippen LogP contribution in [0.25, 0.3) is 0 Å². The van der Waals surface area contributed by atoms with Crippen LogP contribution in [0.5, 0.6) is 0 Å². The fraction of sp³-hybridized carbons (Fsp3) is 0.571. The maximum atomic E-state index is 11.5.